The zero-order valence-electron chi connectivity index (χ0n) is 18.5. The Morgan fingerprint density at radius 2 is 1.97 bits per heavy atom. The van der Waals surface area contributed by atoms with Gasteiger partial charge in [0.1, 0.15) is 5.60 Å². The normalized spacial score (nSPS) is 20.5. The molecule has 1 N–H and O–H groups in total. The molecule has 0 saturated carbocycles. The van der Waals surface area contributed by atoms with Crippen molar-refractivity contribution in [3.8, 4) is 0 Å². The first-order valence-corrected chi connectivity index (χ1v) is 10.8. The maximum absolute atomic E-state index is 12.9. The molecule has 0 saturated heterocycles. The standard InChI is InChI=1S/C24H31N3O3/c1-6-26(7-2)22(28)15-11-18-17-9-8-10-20-21(17)16(12-19(18)25-13-15)14-27(20)23(29)30-24(3,4)5/h8-11,14-15,19,25H,6-7,12-13H2,1-5H3/t15-,19-/m1/s1. The van der Waals surface area contributed by atoms with Gasteiger partial charge in [-0.3, -0.25) is 9.36 Å². The van der Waals surface area contributed by atoms with E-state index in [1.54, 1.807) is 4.57 Å². The van der Waals surface area contributed by atoms with Gasteiger partial charge >= 0.3 is 6.09 Å². The van der Waals surface area contributed by atoms with Gasteiger partial charge in [-0.05, 0) is 63.8 Å². The number of carbonyl (C=O) groups is 2. The number of fused-ring (bicyclic) bond motifs is 2. The van der Waals surface area contributed by atoms with E-state index in [1.165, 1.54) is 0 Å². The van der Waals surface area contributed by atoms with Crippen LogP contribution in [0.15, 0.2) is 30.5 Å². The van der Waals surface area contributed by atoms with E-state index < -0.39 is 5.60 Å². The van der Waals surface area contributed by atoms with Crippen LogP contribution in [0, 0.1) is 5.92 Å². The summed E-state index contributed by atoms with van der Waals surface area (Å²) < 4.78 is 7.23. The second-order valence-electron chi connectivity index (χ2n) is 9.11. The highest BCUT2D eigenvalue weighted by molar-refractivity contribution is 6.02. The summed E-state index contributed by atoms with van der Waals surface area (Å²) in [5, 5.41) is 4.66. The summed E-state index contributed by atoms with van der Waals surface area (Å²) in [6.07, 6.45) is 4.48. The molecule has 0 spiro atoms. The van der Waals surface area contributed by atoms with Gasteiger partial charge in [0, 0.05) is 37.3 Å². The van der Waals surface area contributed by atoms with Gasteiger partial charge in [-0.15, -0.1) is 0 Å². The first-order chi connectivity index (χ1) is 14.2. The number of hydrogen-bond donors (Lipinski definition) is 1. The number of rotatable bonds is 3. The molecule has 160 valence electrons. The Bertz CT molecular complexity index is 1020. The van der Waals surface area contributed by atoms with Crippen molar-refractivity contribution in [2.75, 3.05) is 19.6 Å². The van der Waals surface area contributed by atoms with Crippen molar-refractivity contribution in [3.05, 3.63) is 41.6 Å². The van der Waals surface area contributed by atoms with E-state index in [2.05, 4.69) is 17.5 Å². The largest absolute Gasteiger partial charge is 0.443 e. The molecule has 0 fully saturated rings. The van der Waals surface area contributed by atoms with Crippen molar-refractivity contribution in [3.63, 3.8) is 0 Å². The summed E-state index contributed by atoms with van der Waals surface area (Å²) in [6.45, 7) is 11.7. The van der Waals surface area contributed by atoms with Crippen LogP contribution < -0.4 is 5.32 Å². The first kappa shape index (κ1) is 20.7. The van der Waals surface area contributed by atoms with E-state index in [0.29, 0.717) is 6.54 Å². The average molecular weight is 410 g/mol. The fourth-order valence-corrected chi connectivity index (χ4v) is 4.60. The van der Waals surface area contributed by atoms with Crippen LogP contribution >= 0.6 is 0 Å². The number of amides is 1. The van der Waals surface area contributed by atoms with E-state index in [9.17, 15) is 9.59 Å². The number of hydrogen-bond acceptors (Lipinski definition) is 4. The van der Waals surface area contributed by atoms with Gasteiger partial charge in [-0.25, -0.2) is 4.79 Å². The third kappa shape index (κ3) is 3.54. The Kier molecular flexibility index (Phi) is 5.22. The van der Waals surface area contributed by atoms with Gasteiger partial charge in [-0.2, -0.15) is 0 Å². The highest BCUT2D eigenvalue weighted by atomic mass is 16.6. The molecule has 2 aromatic rings. The smallest absolute Gasteiger partial charge is 0.419 e. The summed E-state index contributed by atoms with van der Waals surface area (Å²) in [5.41, 5.74) is 3.70. The number of nitrogens with one attached hydrogen (secondary N) is 1. The molecule has 1 aromatic carbocycles. The van der Waals surface area contributed by atoms with Crippen LogP contribution in [0.1, 0.15) is 45.7 Å². The predicted octanol–water partition coefficient (Wildman–Crippen LogP) is 3.82. The van der Waals surface area contributed by atoms with Crippen molar-refractivity contribution < 1.29 is 14.3 Å². The Balaban J connectivity index is 1.76. The topological polar surface area (TPSA) is 63.6 Å². The Labute approximate surface area is 177 Å². The summed E-state index contributed by atoms with van der Waals surface area (Å²) in [4.78, 5) is 27.6. The van der Waals surface area contributed by atoms with E-state index >= 15 is 0 Å². The number of ether oxygens (including phenoxy) is 1. The van der Waals surface area contributed by atoms with Gasteiger partial charge in [0.05, 0.1) is 11.4 Å². The lowest BCUT2D eigenvalue weighted by Gasteiger charge is -2.34. The van der Waals surface area contributed by atoms with Crippen molar-refractivity contribution >= 4 is 28.5 Å². The van der Waals surface area contributed by atoms with E-state index in [-0.39, 0.29) is 24.0 Å². The van der Waals surface area contributed by atoms with Crippen LogP contribution in [-0.2, 0) is 16.0 Å². The molecule has 2 aliphatic rings. The molecular formula is C24H31N3O3. The van der Waals surface area contributed by atoms with E-state index in [4.69, 9.17) is 4.74 Å². The lowest BCUT2D eigenvalue weighted by atomic mass is 9.80. The van der Waals surface area contributed by atoms with Gasteiger partial charge in [0.25, 0.3) is 0 Å². The average Bonchev–Trinajstić information content (AvgIpc) is 3.07. The van der Waals surface area contributed by atoms with Gasteiger partial charge < -0.3 is 15.0 Å². The quantitative estimate of drug-likeness (QED) is 0.837. The number of benzene rings is 1. The Hall–Kier alpha value is -2.60. The molecule has 2 heterocycles. The van der Waals surface area contributed by atoms with Crippen LogP contribution in [0.25, 0.3) is 16.5 Å². The number of nitrogens with zero attached hydrogens (tertiary/aromatic N) is 2. The molecule has 1 aliphatic heterocycles. The molecule has 6 nitrogen and oxygen atoms in total. The van der Waals surface area contributed by atoms with Crippen LogP contribution in [-0.4, -0.2) is 52.7 Å². The lowest BCUT2D eigenvalue weighted by Crippen LogP contribution is -2.46. The maximum Gasteiger partial charge on any atom is 0.419 e. The second kappa shape index (κ2) is 7.58. The fraction of sp³-hybridized carbons (Fsp3) is 0.500. The molecule has 0 bridgehead atoms. The summed E-state index contributed by atoms with van der Waals surface area (Å²) in [5.74, 6) is 0.00337. The lowest BCUT2D eigenvalue weighted by molar-refractivity contribution is -0.133. The minimum absolute atomic E-state index is 0.151. The van der Waals surface area contributed by atoms with Gasteiger partial charge in [0.15, 0.2) is 0 Å². The number of carbonyl (C=O) groups excluding carboxylic acids is 2. The molecule has 0 unspecified atom stereocenters. The van der Waals surface area contributed by atoms with Crippen molar-refractivity contribution in [2.45, 2.75) is 52.7 Å². The second-order valence-corrected chi connectivity index (χ2v) is 9.11. The SMILES string of the molecule is CCN(CC)C(=O)[C@@H]1C=C2c3cccc4c3c(cn4C(=O)OC(C)(C)C)C[C@H]2NC1. The van der Waals surface area contributed by atoms with Crippen LogP contribution in [0.2, 0.25) is 0 Å². The molecule has 0 radical (unpaired) electrons. The third-order valence-corrected chi connectivity index (χ3v) is 5.97. The van der Waals surface area contributed by atoms with Crippen molar-refractivity contribution in [2.24, 2.45) is 5.92 Å². The van der Waals surface area contributed by atoms with Gasteiger partial charge in [0.2, 0.25) is 5.91 Å². The molecule has 1 aromatic heterocycles. The zero-order valence-corrected chi connectivity index (χ0v) is 18.5. The van der Waals surface area contributed by atoms with Crippen molar-refractivity contribution in [1.82, 2.24) is 14.8 Å². The zero-order chi connectivity index (χ0) is 21.6. The predicted molar refractivity (Wildman–Crippen MR) is 118 cm³/mol. The first-order valence-electron chi connectivity index (χ1n) is 10.8. The molecule has 6 heteroatoms. The molecular weight excluding hydrogens is 378 g/mol. The minimum Gasteiger partial charge on any atom is -0.443 e. The van der Waals surface area contributed by atoms with Gasteiger partial charge in [-0.1, -0.05) is 18.2 Å². The van der Waals surface area contributed by atoms with E-state index in [1.807, 2.05) is 57.8 Å². The minimum atomic E-state index is -0.554. The summed E-state index contributed by atoms with van der Waals surface area (Å²) in [7, 11) is 0. The Morgan fingerprint density at radius 1 is 1.23 bits per heavy atom. The molecule has 30 heavy (non-hydrogen) atoms. The summed E-state index contributed by atoms with van der Waals surface area (Å²) >= 11 is 0. The Morgan fingerprint density at radius 3 is 2.63 bits per heavy atom. The summed E-state index contributed by atoms with van der Waals surface area (Å²) in [6, 6.07) is 6.18. The third-order valence-electron chi connectivity index (χ3n) is 5.97. The molecule has 1 aliphatic carbocycles. The molecule has 1 amide bonds. The van der Waals surface area contributed by atoms with Crippen LogP contribution in [0.4, 0.5) is 4.79 Å². The number of aromatic nitrogens is 1. The van der Waals surface area contributed by atoms with Crippen LogP contribution in [0.5, 0.6) is 0 Å². The monoisotopic (exact) mass is 409 g/mol. The van der Waals surface area contributed by atoms with Crippen LogP contribution in [0.3, 0.4) is 0 Å². The fourth-order valence-electron chi connectivity index (χ4n) is 4.60. The maximum atomic E-state index is 12.9. The molecule has 2 atom stereocenters. The highest BCUT2D eigenvalue weighted by Crippen LogP contribution is 2.39. The van der Waals surface area contributed by atoms with E-state index in [0.717, 1.165) is 47.1 Å². The van der Waals surface area contributed by atoms with Crippen molar-refractivity contribution in [1.29, 1.82) is 0 Å². The highest BCUT2D eigenvalue weighted by Gasteiger charge is 2.34. The molecule has 4 rings (SSSR count).